The van der Waals surface area contributed by atoms with Gasteiger partial charge in [-0.25, -0.2) is 21.9 Å². The Balaban J connectivity index is 1.85. The van der Waals surface area contributed by atoms with Gasteiger partial charge in [-0.1, -0.05) is 12.1 Å². The fourth-order valence-corrected chi connectivity index (χ4v) is 3.56. The lowest BCUT2D eigenvalue weighted by Crippen LogP contribution is -2.34. The third kappa shape index (κ3) is 3.92. The quantitative estimate of drug-likeness (QED) is 0.842. The van der Waals surface area contributed by atoms with Crippen molar-refractivity contribution in [2.75, 3.05) is 13.2 Å². The predicted molar refractivity (Wildman–Crippen MR) is 92.8 cm³/mol. The van der Waals surface area contributed by atoms with E-state index >= 15 is 0 Å². The van der Waals surface area contributed by atoms with Crippen LogP contribution in [0, 0.1) is 11.6 Å². The normalized spacial score (nSPS) is 13.2. The van der Waals surface area contributed by atoms with Gasteiger partial charge in [0.05, 0.1) is 12.2 Å². The largest absolute Gasteiger partial charge is 0.490 e. The summed E-state index contributed by atoms with van der Waals surface area (Å²) >= 11 is 0. The molecule has 0 saturated carbocycles. The Bertz CT molecular complexity index is 1030. The highest BCUT2D eigenvalue weighted by Crippen LogP contribution is 2.35. The highest BCUT2D eigenvalue weighted by molar-refractivity contribution is 7.90. The first kappa shape index (κ1) is 18.8. The maximum absolute atomic E-state index is 13.7. The molecule has 1 aliphatic rings. The minimum absolute atomic E-state index is 0.0299. The molecule has 0 spiro atoms. The molecule has 1 aliphatic heterocycles. The van der Waals surface area contributed by atoms with Crippen LogP contribution >= 0.6 is 0 Å². The minimum Gasteiger partial charge on any atom is -0.490 e. The van der Waals surface area contributed by atoms with Crippen molar-refractivity contribution in [1.29, 1.82) is 0 Å². The molecule has 6 nitrogen and oxygen atoms in total. The summed E-state index contributed by atoms with van der Waals surface area (Å²) in [5.41, 5.74) is 0.574. The number of amides is 1. The first-order valence-electron chi connectivity index (χ1n) is 7.93. The first-order chi connectivity index (χ1) is 12.8. The van der Waals surface area contributed by atoms with Crippen LogP contribution in [0.3, 0.4) is 0 Å². The van der Waals surface area contributed by atoms with Gasteiger partial charge in [0.1, 0.15) is 23.1 Å². The Morgan fingerprint density at radius 2 is 2.04 bits per heavy atom. The van der Waals surface area contributed by atoms with E-state index in [1.54, 1.807) is 22.9 Å². The molecule has 1 heterocycles. The number of carbonyl (C=O) groups excluding carboxylic acids is 1. The van der Waals surface area contributed by atoms with Gasteiger partial charge in [0, 0.05) is 11.6 Å². The van der Waals surface area contributed by atoms with Gasteiger partial charge in [-0.3, -0.25) is 4.79 Å². The van der Waals surface area contributed by atoms with Gasteiger partial charge in [0.15, 0.2) is 11.5 Å². The second kappa shape index (κ2) is 7.36. The van der Waals surface area contributed by atoms with Crippen LogP contribution in [-0.4, -0.2) is 27.5 Å². The van der Waals surface area contributed by atoms with Crippen molar-refractivity contribution >= 4 is 22.0 Å². The number of hydrogen-bond donors (Lipinski definition) is 1. The van der Waals surface area contributed by atoms with Crippen LogP contribution in [0.25, 0.3) is 6.08 Å². The maximum atomic E-state index is 13.7. The molecule has 0 aliphatic carbocycles. The maximum Gasteiger partial charge on any atom is 0.267 e. The van der Waals surface area contributed by atoms with E-state index in [1.165, 1.54) is 6.08 Å². The standard InChI is InChI=1S/C18H15F2NO5S/c1-2-25-15-5-3-4-11-8-12(10-26-17(11)15)18(22)21-27(23,24)16-7-6-13(19)9-14(16)20/h3-9H,2,10H2,1H3,(H,21,22). The molecule has 3 rings (SSSR count). The first-order valence-corrected chi connectivity index (χ1v) is 9.41. The van der Waals surface area contributed by atoms with Gasteiger partial charge in [-0.2, -0.15) is 0 Å². The van der Waals surface area contributed by atoms with Crippen LogP contribution in [-0.2, 0) is 14.8 Å². The number of rotatable bonds is 5. The molecule has 0 aromatic heterocycles. The summed E-state index contributed by atoms with van der Waals surface area (Å²) in [6.07, 6.45) is 1.47. The predicted octanol–water partition coefficient (Wildman–Crippen LogP) is 2.64. The summed E-state index contributed by atoms with van der Waals surface area (Å²) in [5.74, 6) is -2.24. The van der Waals surface area contributed by atoms with Crippen LogP contribution in [0.2, 0.25) is 0 Å². The van der Waals surface area contributed by atoms with Crippen LogP contribution in [0.15, 0.2) is 46.9 Å². The fourth-order valence-electron chi connectivity index (χ4n) is 2.52. The van der Waals surface area contributed by atoms with Crippen molar-refractivity contribution < 1.29 is 31.5 Å². The molecule has 1 amide bonds. The van der Waals surface area contributed by atoms with E-state index in [0.29, 0.717) is 29.7 Å². The molecule has 2 aromatic rings. The van der Waals surface area contributed by atoms with Gasteiger partial charge in [-0.15, -0.1) is 0 Å². The second-order valence-corrected chi connectivity index (χ2v) is 7.23. The molecule has 0 atom stereocenters. The molecule has 0 radical (unpaired) electrons. The summed E-state index contributed by atoms with van der Waals surface area (Å²) in [7, 11) is -4.51. The zero-order chi connectivity index (χ0) is 19.6. The Morgan fingerprint density at radius 1 is 1.26 bits per heavy atom. The number of carbonyl (C=O) groups is 1. The van der Waals surface area contributed by atoms with Crippen molar-refractivity contribution in [3.63, 3.8) is 0 Å². The van der Waals surface area contributed by atoms with Crippen LogP contribution in [0.1, 0.15) is 12.5 Å². The molecule has 27 heavy (non-hydrogen) atoms. The molecule has 0 bridgehead atoms. The number of fused-ring (bicyclic) bond motifs is 1. The average Bonchev–Trinajstić information content (AvgIpc) is 2.61. The highest BCUT2D eigenvalue weighted by atomic mass is 32.2. The fraction of sp³-hybridized carbons (Fsp3) is 0.167. The Kier molecular flexibility index (Phi) is 5.13. The molecular formula is C18H15F2NO5S. The van der Waals surface area contributed by atoms with E-state index in [0.717, 1.165) is 12.1 Å². The van der Waals surface area contributed by atoms with Crippen molar-refractivity contribution in [3.05, 3.63) is 59.2 Å². The van der Waals surface area contributed by atoms with Gasteiger partial charge in [0.2, 0.25) is 0 Å². The molecule has 2 aromatic carbocycles. The minimum atomic E-state index is -4.51. The van der Waals surface area contributed by atoms with Crippen LogP contribution < -0.4 is 14.2 Å². The molecule has 0 unspecified atom stereocenters. The van der Waals surface area contributed by atoms with Gasteiger partial charge < -0.3 is 9.47 Å². The number of sulfonamides is 1. The molecule has 0 fully saturated rings. The van der Waals surface area contributed by atoms with Gasteiger partial charge in [-0.05, 0) is 31.2 Å². The zero-order valence-corrected chi connectivity index (χ0v) is 15.0. The van der Waals surface area contributed by atoms with Crippen LogP contribution in [0.4, 0.5) is 8.78 Å². The van der Waals surface area contributed by atoms with E-state index in [2.05, 4.69) is 0 Å². The van der Waals surface area contributed by atoms with Crippen molar-refractivity contribution in [2.24, 2.45) is 0 Å². The van der Waals surface area contributed by atoms with E-state index in [-0.39, 0.29) is 12.2 Å². The van der Waals surface area contributed by atoms with Gasteiger partial charge >= 0.3 is 0 Å². The SMILES string of the molecule is CCOc1cccc2c1OCC(C(=O)NS(=O)(=O)c1ccc(F)cc1F)=C2. The Hall–Kier alpha value is -2.94. The van der Waals surface area contributed by atoms with E-state index < -0.39 is 32.5 Å². The molecule has 142 valence electrons. The van der Waals surface area contributed by atoms with Crippen molar-refractivity contribution in [3.8, 4) is 11.5 Å². The number of halogens is 2. The summed E-state index contributed by atoms with van der Waals surface area (Å²) in [5, 5.41) is 0. The third-order valence-corrected chi connectivity index (χ3v) is 5.08. The monoisotopic (exact) mass is 395 g/mol. The average molecular weight is 395 g/mol. The summed E-state index contributed by atoms with van der Waals surface area (Å²) in [6, 6.07) is 7.05. The van der Waals surface area contributed by atoms with E-state index in [1.807, 2.05) is 6.92 Å². The molecule has 9 heteroatoms. The molecule has 0 saturated heterocycles. The zero-order valence-electron chi connectivity index (χ0n) is 14.2. The molecular weight excluding hydrogens is 380 g/mol. The Labute approximate surface area is 154 Å². The second-order valence-electron chi connectivity index (χ2n) is 5.58. The lowest BCUT2D eigenvalue weighted by atomic mass is 10.1. The third-order valence-electron chi connectivity index (χ3n) is 3.71. The molecule has 1 N–H and O–H groups in total. The smallest absolute Gasteiger partial charge is 0.267 e. The van der Waals surface area contributed by atoms with E-state index in [4.69, 9.17) is 9.47 Å². The number of nitrogens with one attached hydrogen (secondary N) is 1. The van der Waals surface area contributed by atoms with Crippen molar-refractivity contribution in [2.45, 2.75) is 11.8 Å². The number of ether oxygens (including phenoxy) is 2. The van der Waals surface area contributed by atoms with Gasteiger partial charge in [0.25, 0.3) is 15.9 Å². The lowest BCUT2D eigenvalue weighted by molar-refractivity contribution is -0.116. The number of hydrogen-bond acceptors (Lipinski definition) is 5. The summed E-state index contributed by atoms with van der Waals surface area (Å²) < 4.78 is 63.9. The Morgan fingerprint density at radius 3 is 2.74 bits per heavy atom. The number of benzene rings is 2. The highest BCUT2D eigenvalue weighted by Gasteiger charge is 2.26. The van der Waals surface area contributed by atoms with E-state index in [9.17, 15) is 22.0 Å². The van der Waals surface area contributed by atoms with Crippen LogP contribution in [0.5, 0.6) is 11.5 Å². The summed E-state index contributed by atoms with van der Waals surface area (Å²) in [6.45, 7) is 2.05. The number of para-hydroxylation sites is 1. The van der Waals surface area contributed by atoms with Crippen molar-refractivity contribution in [1.82, 2.24) is 4.72 Å². The summed E-state index contributed by atoms with van der Waals surface area (Å²) in [4.78, 5) is 11.5. The topological polar surface area (TPSA) is 81.7 Å². The lowest BCUT2D eigenvalue weighted by Gasteiger charge is -2.20.